The van der Waals surface area contributed by atoms with Crippen LogP contribution < -0.4 is 5.32 Å². The van der Waals surface area contributed by atoms with Crippen LogP contribution in [0.25, 0.3) is 0 Å². The molecule has 0 unspecified atom stereocenters. The Kier molecular flexibility index (Phi) is 5.25. The van der Waals surface area contributed by atoms with Gasteiger partial charge in [0.1, 0.15) is 9.84 Å². The highest BCUT2D eigenvalue weighted by Gasteiger charge is 2.36. The average Bonchev–Trinajstić information content (AvgIpc) is 2.21. The maximum Gasteiger partial charge on any atom is 0.150 e. The third kappa shape index (κ3) is 4.06. The van der Waals surface area contributed by atoms with Gasteiger partial charge in [-0.3, -0.25) is 0 Å². The summed E-state index contributed by atoms with van der Waals surface area (Å²) < 4.78 is 23.0. The molecule has 1 aliphatic rings. The highest BCUT2D eigenvalue weighted by Crippen LogP contribution is 2.43. The predicted molar refractivity (Wildman–Crippen MR) is 68.4 cm³/mol. The van der Waals surface area contributed by atoms with Crippen molar-refractivity contribution in [2.45, 2.75) is 46.0 Å². The third-order valence-corrected chi connectivity index (χ3v) is 5.43. The Morgan fingerprint density at radius 1 is 1.25 bits per heavy atom. The summed E-state index contributed by atoms with van der Waals surface area (Å²) in [4.78, 5) is 0. The van der Waals surface area contributed by atoms with Crippen molar-refractivity contribution in [3.8, 4) is 0 Å². The van der Waals surface area contributed by atoms with Crippen molar-refractivity contribution in [2.75, 3.05) is 24.6 Å². The van der Waals surface area contributed by atoms with E-state index in [4.69, 9.17) is 0 Å². The van der Waals surface area contributed by atoms with Crippen LogP contribution in [0.15, 0.2) is 0 Å². The minimum atomic E-state index is -2.79. The zero-order valence-electron chi connectivity index (χ0n) is 10.6. The van der Waals surface area contributed by atoms with Crippen molar-refractivity contribution in [3.05, 3.63) is 0 Å². The van der Waals surface area contributed by atoms with Gasteiger partial charge in [-0.05, 0) is 37.6 Å². The van der Waals surface area contributed by atoms with Gasteiger partial charge in [0.25, 0.3) is 0 Å². The fourth-order valence-electron chi connectivity index (χ4n) is 2.24. The number of hydrogen-bond donors (Lipinski definition) is 1. The maximum absolute atomic E-state index is 11.5. The first-order chi connectivity index (χ1) is 7.54. The van der Waals surface area contributed by atoms with E-state index in [-0.39, 0.29) is 11.2 Å². The molecule has 1 fully saturated rings. The molecule has 96 valence electrons. The number of rotatable bonds is 8. The monoisotopic (exact) mass is 247 g/mol. The lowest BCUT2D eigenvalue weighted by molar-refractivity contribution is 0.125. The van der Waals surface area contributed by atoms with Gasteiger partial charge in [-0.25, -0.2) is 8.42 Å². The van der Waals surface area contributed by atoms with Gasteiger partial charge in [-0.1, -0.05) is 20.3 Å². The van der Waals surface area contributed by atoms with Crippen LogP contribution in [0.4, 0.5) is 0 Å². The molecule has 1 aliphatic carbocycles. The Balaban J connectivity index is 2.36. The Bertz CT molecular complexity index is 294. The van der Waals surface area contributed by atoms with Gasteiger partial charge in [-0.2, -0.15) is 0 Å². The number of sulfone groups is 1. The van der Waals surface area contributed by atoms with Gasteiger partial charge in [0.2, 0.25) is 0 Å². The molecule has 0 aromatic carbocycles. The van der Waals surface area contributed by atoms with Gasteiger partial charge >= 0.3 is 0 Å². The summed E-state index contributed by atoms with van der Waals surface area (Å²) in [5.74, 6) is 0.656. The van der Waals surface area contributed by atoms with Crippen LogP contribution >= 0.6 is 0 Å². The second-order valence-electron chi connectivity index (χ2n) is 5.02. The molecule has 0 atom stereocenters. The van der Waals surface area contributed by atoms with Crippen molar-refractivity contribution in [1.82, 2.24) is 5.32 Å². The lowest BCUT2D eigenvalue weighted by Gasteiger charge is -2.42. The summed E-state index contributed by atoms with van der Waals surface area (Å²) in [7, 11) is -2.79. The molecule has 0 amide bonds. The fourth-order valence-corrected chi connectivity index (χ4v) is 3.27. The third-order valence-electron chi connectivity index (χ3n) is 3.72. The number of nitrogens with one attached hydrogen (secondary N) is 1. The summed E-state index contributed by atoms with van der Waals surface area (Å²) in [6, 6.07) is 0. The van der Waals surface area contributed by atoms with E-state index in [1.165, 1.54) is 19.3 Å². The van der Waals surface area contributed by atoms with E-state index in [0.29, 0.717) is 5.75 Å². The average molecular weight is 247 g/mol. The summed E-state index contributed by atoms with van der Waals surface area (Å²) in [6.07, 6.45) is 5.65. The Morgan fingerprint density at radius 2 is 1.94 bits per heavy atom. The Hall–Kier alpha value is -0.0900. The molecule has 1 saturated carbocycles. The molecule has 0 heterocycles. The van der Waals surface area contributed by atoms with E-state index in [9.17, 15) is 8.42 Å². The first-order valence-electron chi connectivity index (χ1n) is 6.45. The van der Waals surface area contributed by atoms with Crippen molar-refractivity contribution < 1.29 is 8.42 Å². The van der Waals surface area contributed by atoms with Gasteiger partial charge in [0.05, 0.1) is 5.75 Å². The Morgan fingerprint density at radius 3 is 2.38 bits per heavy atom. The normalized spacial score (nSPS) is 19.4. The van der Waals surface area contributed by atoms with Crippen LogP contribution in [0.1, 0.15) is 46.0 Å². The molecular formula is C12H25NO2S. The summed E-state index contributed by atoms with van der Waals surface area (Å²) in [5.41, 5.74) is 0.289. The van der Waals surface area contributed by atoms with E-state index in [1.54, 1.807) is 6.92 Å². The molecule has 3 nitrogen and oxygen atoms in total. The second-order valence-corrected chi connectivity index (χ2v) is 7.49. The van der Waals surface area contributed by atoms with Gasteiger partial charge in [-0.15, -0.1) is 0 Å². The zero-order chi connectivity index (χ0) is 12.1. The van der Waals surface area contributed by atoms with E-state index in [1.807, 2.05) is 0 Å². The molecule has 0 bridgehead atoms. The lowest BCUT2D eigenvalue weighted by Crippen LogP contribution is -2.41. The molecule has 16 heavy (non-hydrogen) atoms. The van der Waals surface area contributed by atoms with Crippen molar-refractivity contribution >= 4 is 9.84 Å². The topological polar surface area (TPSA) is 46.2 Å². The summed E-state index contributed by atoms with van der Waals surface area (Å²) in [6.45, 7) is 5.93. The van der Waals surface area contributed by atoms with E-state index in [2.05, 4.69) is 12.2 Å². The molecule has 1 rings (SSSR count). The molecule has 0 spiro atoms. The van der Waals surface area contributed by atoms with Crippen LogP contribution in [-0.4, -0.2) is 33.0 Å². The zero-order valence-corrected chi connectivity index (χ0v) is 11.4. The van der Waals surface area contributed by atoms with Gasteiger partial charge in [0.15, 0.2) is 0 Å². The first-order valence-corrected chi connectivity index (χ1v) is 8.27. The first kappa shape index (κ1) is 14.0. The minimum absolute atomic E-state index is 0.283. The molecular weight excluding hydrogens is 222 g/mol. The standard InChI is InChI=1S/C12H25NO2S/c1-3-9-13-11-12(6-5-7-12)8-10-16(14,15)4-2/h13H,3-11H2,1-2H3. The Labute approximate surface area is 99.9 Å². The smallest absolute Gasteiger partial charge is 0.150 e. The van der Waals surface area contributed by atoms with Gasteiger partial charge in [0, 0.05) is 12.3 Å². The molecule has 4 heteroatoms. The summed E-state index contributed by atoms with van der Waals surface area (Å²) >= 11 is 0. The molecule has 0 aromatic heterocycles. The maximum atomic E-state index is 11.5. The largest absolute Gasteiger partial charge is 0.316 e. The lowest BCUT2D eigenvalue weighted by atomic mass is 9.67. The predicted octanol–water partition coefficient (Wildman–Crippen LogP) is 1.98. The van der Waals surface area contributed by atoms with E-state index < -0.39 is 9.84 Å². The van der Waals surface area contributed by atoms with Crippen LogP contribution in [0.3, 0.4) is 0 Å². The minimum Gasteiger partial charge on any atom is -0.316 e. The highest BCUT2D eigenvalue weighted by atomic mass is 32.2. The van der Waals surface area contributed by atoms with Crippen LogP contribution in [-0.2, 0) is 9.84 Å². The fraction of sp³-hybridized carbons (Fsp3) is 1.00. The van der Waals surface area contributed by atoms with Crippen molar-refractivity contribution in [1.29, 1.82) is 0 Å². The van der Waals surface area contributed by atoms with E-state index >= 15 is 0 Å². The molecule has 0 saturated heterocycles. The SMILES string of the molecule is CCCNCC1(CCS(=O)(=O)CC)CCC1. The van der Waals surface area contributed by atoms with E-state index in [0.717, 1.165) is 25.9 Å². The van der Waals surface area contributed by atoms with Crippen molar-refractivity contribution in [3.63, 3.8) is 0 Å². The molecule has 0 aliphatic heterocycles. The number of hydrogen-bond acceptors (Lipinski definition) is 3. The molecule has 0 radical (unpaired) electrons. The molecule has 1 N–H and O–H groups in total. The second kappa shape index (κ2) is 6.01. The van der Waals surface area contributed by atoms with Crippen LogP contribution in [0.2, 0.25) is 0 Å². The summed E-state index contributed by atoms with van der Waals surface area (Å²) in [5, 5.41) is 3.44. The highest BCUT2D eigenvalue weighted by molar-refractivity contribution is 7.91. The van der Waals surface area contributed by atoms with Crippen molar-refractivity contribution in [2.24, 2.45) is 5.41 Å². The van der Waals surface area contributed by atoms with Crippen LogP contribution in [0, 0.1) is 5.41 Å². The van der Waals surface area contributed by atoms with Gasteiger partial charge < -0.3 is 5.32 Å². The quantitative estimate of drug-likeness (QED) is 0.667. The molecule has 0 aromatic rings. The van der Waals surface area contributed by atoms with Crippen LogP contribution in [0.5, 0.6) is 0 Å².